The molecule has 1 saturated heterocycles. The quantitative estimate of drug-likeness (QED) is 0.919. The maximum atomic E-state index is 5.52. The lowest BCUT2D eigenvalue weighted by molar-refractivity contribution is 0.328. The summed E-state index contributed by atoms with van der Waals surface area (Å²) in [6.45, 7) is 2.08. The molecule has 4 nitrogen and oxygen atoms in total. The van der Waals surface area contributed by atoms with Crippen molar-refractivity contribution in [3.05, 3.63) is 36.2 Å². The molecule has 1 aliphatic heterocycles. The molecule has 0 atom stereocenters. The molecule has 0 bridgehead atoms. The molecule has 0 spiro atoms. The van der Waals surface area contributed by atoms with Crippen LogP contribution in [0.25, 0.3) is 11.1 Å². The number of piperidine rings is 1. The van der Waals surface area contributed by atoms with Gasteiger partial charge < -0.3 is 14.6 Å². The highest BCUT2D eigenvalue weighted by molar-refractivity contribution is 5.71. The average molecular weight is 258 g/mol. The van der Waals surface area contributed by atoms with Crippen molar-refractivity contribution in [1.29, 1.82) is 0 Å². The van der Waals surface area contributed by atoms with Crippen molar-refractivity contribution in [2.24, 2.45) is 0 Å². The molecule has 1 aromatic heterocycles. The molecular formula is C15H18N2O2. The van der Waals surface area contributed by atoms with Crippen LogP contribution in [0.15, 0.2) is 35.0 Å². The van der Waals surface area contributed by atoms with Gasteiger partial charge in [-0.3, -0.25) is 0 Å². The fourth-order valence-corrected chi connectivity index (χ4v) is 2.70. The maximum absolute atomic E-state index is 5.52. The van der Waals surface area contributed by atoms with E-state index < -0.39 is 0 Å². The van der Waals surface area contributed by atoms with Gasteiger partial charge in [-0.2, -0.15) is 0 Å². The van der Waals surface area contributed by atoms with E-state index in [-0.39, 0.29) is 0 Å². The Hall–Kier alpha value is -1.81. The Bertz CT molecular complexity index is 545. The maximum Gasteiger partial charge on any atom is 0.147 e. The fourth-order valence-electron chi connectivity index (χ4n) is 2.70. The predicted molar refractivity (Wildman–Crippen MR) is 73.3 cm³/mol. The summed E-state index contributed by atoms with van der Waals surface area (Å²) in [7, 11) is 1.69. The summed E-state index contributed by atoms with van der Waals surface area (Å²) >= 11 is 0. The molecular weight excluding hydrogens is 240 g/mol. The summed E-state index contributed by atoms with van der Waals surface area (Å²) in [4.78, 5) is 0. The number of aromatic nitrogens is 1. The number of nitrogens with zero attached hydrogens (tertiary/aromatic N) is 1. The molecule has 4 heteroatoms. The van der Waals surface area contributed by atoms with Crippen molar-refractivity contribution >= 4 is 0 Å². The van der Waals surface area contributed by atoms with Gasteiger partial charge in [0.15, 0.2) is 0 Å². The van der Waals surface area contributed by atoms with Crippen LogP contribution in [0.3, 0.4) is 0 Å². The first-order valence-corrected chi connectivity index (χ1v) is 6.69. The van der Waals surface area contributed by atoms with E-state index in [2.05, 4.69) is 16.5 Å². The highest BCUT2D eigenvalue weighted by Gasteiger charge is 2.24. The number of hydrogen-bond acceptors (Lipinski definition) is 4. The van der Waals surface area contributed by atoms with Gasteiger partial charge >= 0.3 is 0 Å². The Morgan fingerprint density at radius 1 is 1.21 bits per heavy atom. The lowest BCUT2D eigenvalue weighted by atomic mass is 9.91. The molecule has 0 unspecified atom stereocenters. The zero-order valence-corrected chi connectivity index (χ0v) is 11.1. The highest BCUT2D eigenvalue weighted by atomic mass is 16.5. The minimum atomic E-state index is 0.448. The van der Waals surface area contributed by atoms with Gasteiger partial charge in [0.1, 0.15) is 11.5 Å². The number of benzene rings is 1. The summed E-state index contributed by atoms with van der Waals surface area (Å²) in [6, 6.07) is 8.00. The van der Waals surface area contributed by atoms with Crippen molar-refractivity contribution in [2.45, 2.75) is 18.8 Å². The van der Waals surface area contributed by atoms with Gasteiger partial charge in [-0.15, -0.1) is 0 Å². The third kappa shape index (κ3) is 2.36. The summed E-state index contributed by atoms with van der Waals surface area (Å²) in [5, 5.41) is 7.37. The molecule has 1 fully saturated rings. The van der Waals surface area contributed by atoms with Crippen LogP contribution < -0.4 is 10.1 Å². The zero-order chi connectivity index (χ0) is 13.1. The van der Waals surface area contributed by atoms with E-state index >= 15 is 0 Å². The smallest absolute Gasteiger partial charge is 0.147 e. The second kappa shape index (κ2) is 5.45. The van der Waals surface area contributed by atoms with Crippen molar-refractivity contribution in [1.82, 2.24) is 10.5 Å². The predicted octanol–water partition coefficient (Wildman–Crippen LogP) is 2.82. The van der Waals surface area contributed by atoms with E-state index in [0.717, 1.165) is 48.6 Å². The third-order valence-electron chi connectivity index (χ3n) is 3.71. The van der Waals surface area contributed by atoms with E-state index in [1.54, 1.807) is 13.3 Å². The van der Waals surface area contributed by atoms with E-state index in [1.807, 2.05) is 18.2 Å². The van der Waals surface area contributed by atoms with E-state index in [4.69, 9.17) is 9.26 Å². The zero-order valence-electron chi connectivity index (χ0n) is 11.1. The number of hydrogen-bond donors (Lipinski definition) is 1. The van der Waals surface area contributed by atoms with Crippen molar-refractivity contribution in [2.75, 3.05) is 20.2 Å². The minimum absolute atomic E-state index is 0.448. The molecule has 19 heavy (non-hydrogen) atoms. The second-order valence-corrected chi connectivity index (χ2v) is 4.83. The van der Waals surface area contributed by atoms with Gasteiger partial charge in [0.25, 0.3) is 0 Å². The lowest BCUT2D eigenvalue weighted by Gasteiger charge is -2.21. The van der Waals surface area contributed by atoms with Crippen LogP contribution in [-0.4, -0.2) is 25.4 Å². The number of nitrogens with one attached hydrogen (secondary N) is 1. The number of ether oxygens (including phenoxy) is 1. The molecule has 2 aromatic rings. The van der Waals surface area contributed by atoms with Crippen LogP contribution in [0.1, 0.15) is 24.5 Å². The normalized spacial score (nSPS) is 16.5. The topological polar surface area (TPSA) is 47.3 Å². The van der Waals surface area contributed by atoms with Crippen LogP contribution in [0.4, 0.5) is 0 Å². The number of rotatable bonds is 3. The van der Waals surface area contributed by atoms with Crippen LogP contribution in [0.5, 0.6) is 5.75 Å². The average Bonchev–Trinajstić information content (AvgIpc) is 2.97. The summed E-state index contributed by atoms with van der Waals surface area (Å²) < 4.78 is 11.0. The number of para-hydroxylation sites is 1. The fraction of sp³-hybridized carbons (Fsp3) is 0.400. The summed E-state index contributed by atoms with van der Waals surface area (Å²) in [6.07, 6.45) is 3.99. The summed E-state index contributed by atoms with van der Waals surface area (Å²) in [5.74, 6) is 2.30. The van der Waals surface area contributed by atoms with Crippen LogP contribution >= 0.6 is 0 Å². The molecule has 0 aliphatic carbocycles. The van der Waals surface area contributed by atoms with Gasteiger partial charge in [0, 0.05) is 17.0 Å². The molecule has 3 rings (SSSR count). The number of methoxy groups -OCH3 is 1. The second-order valence-electron chi connectivity index (χ2n) is 4.83. The van der Waals surface area contributed by atoms with E-state index in [1.165, 1.54) is 0 Å². The summed E-state index contributed by atoms with van der Waals surface area (Å²) in [5.41, 5.74) is 2.11. The van der Waals surface area contributed by atoms with Crippen LogP contribution in [-0.2, 0) is 0 Å². The monoisotopic (exact) mass is 258 g/mol. The van der Waals surface area contributed by atoms with Gasteiger partial charge in [0.2, 0.25) is 0 Å². The Morgan fingerprint density at radius 3 is 2.79 bits per heavy atom. The van der Waals surface area contributed by atoms with Gasteiger partial charge in [-0.05, 0) is 32.0 Å². The van der Waals surface area contributed by atoms with Crippen LogP contribution in [0, 0.1) is 0 Å². The van der Waals surface area contributed by atoms with Crippen molar-refractivity contribution in [3.63, 3.8) is 0 Å². The molecule has 1 aromatic carbocycles. The molecule has 100 valence electrons. The van der Waals surface area contributed by atoms with Gasteiger partial charge in [-0.1, -0.05) is 23.4 Å². The molecule has 2 heterocycles. The molecule has 1 aliphatic rings. The van der Waals surface area contributed by atoms with Gasteiger partial charge in [0.05, 0.1) is 13.3 Å². The van der Waals surface area contributed by atoms with Crippen molar-refractivity contribution < 1.29 is 9.26 Å². The largest absolute Gasteiger partial charge is 0.496 e. The van der Waals surface area contributed by atoms with Crippen molar-refractivity contribution in [3.8, 4) is 16.9 Å². The van der Waals surface area contributed by atoms with E-state index in [9.17, 15) is 0 Å². The molecule has 0 amide bonds. The standard InChI is InChI=1S/C15H18N2O2/c1-18-14-5-3-2-4-12(14)13-10-17-19-15(13)11-6-8-16-9-7-11/h2-5,10-11,16H,6-9H2,1H3. The SMILES string of the molecule is COc1ccccc1-c1cnoc1C1CCNCC1. The van der Waals surface area contributed by atoms with Crippen LogP contribution in [0.2, 0.25) is 0 Å². The minimum Gasteiger partial charge on any atom is -0.496 e. The van der Waals surface area contributed by atoms with E-state index in [0.29, 0.717) is 5.92 Å². The first-order valence-electron chi connectivity index (χ1n) is 6.69. The Balaban J connectivity index is 1.99. The first kappa shape index (κ1) is 12.2. The Labute approximate surface area is 112 Å². The first-order chi connectivity index (χ1) is 9.40. The molecule has 1 N–H and O–H groups in total. The molecule has 0 radical (unpaired) electrons. The molecule has 0 saturated carbocycles. The highest BCUT2D eigenvalue weighted by Crippen LogP contribution is 2.37. The Morgan fingerprint density at radius 2 is 2.00 bits per heavy atom. The van der Waals surface area contributed by atoms with Gasteiger partial charge in [-0.25, -0.2) is 0 Å². The Kier molecular flexibility index (Phi) is 3.51. The lowest BCUT2D eigenvalue weighted by Crippen LogP contribution is -2.26. The third-order valence-corrected chi connectivity index (χ3v) is 3.71.